The molecule has 14 heteroatoms. The Kier molecular flexibility index (Phi) is 12.8. The number of benzene rings is 3. The molecule has 0 radical (unpaired) electrons. The van der Waals surface area contributed by atoms with Crippen LogP contribution in [0.25, 0.3) is 33.1 Å². The number of carbonyl (C=O) groups is 1. The first-order chi connectivity index (χ1) is 23.7. The second-order valence-corrected chi connectivity index (χ2v) is 13.3. The topological polar surface area (TPSA) is 140 Å². The normalized spacial score (nSPS) is 13.9. The zero-order valence-corrected chi connectivity index (χ0v) is 33.2. The summed E-state index contributed by atoms with van der Waals surface area (Å²) < 4.78 is 11.6. The van der Waals surface area contributed by atoms with Crippen LogP contribution in [-0.4, -0.2) is 50.8 Å². The van der Waals surface area contributed by atoms with Crippen molar-refractivity contribution in [2.75, 3.05) is 13.2 Å². The van der Waals surface area contributed by atoms with E-state index in [4.69, 9.17) is 21.1 Å². The molecule has 0 amide bonds. The maximum atomic E-state index is 13.4. The number of tetrazole rings is 1. The summed E-state index contributed by atoms with van der Waals surface area (Å²) in [6.07, 6.45) is 0.721. The molecule has 6 rings (SSSR count). The maximum Gasteiger partial charge on any atom is 1.00 e. The zero-order valence-electron chi connectivity index (χ0n) is 28.5. The van der Waals surface area contributed by atoms with Crippen LogP contribution < -0.4 is 66.5 Å². The number of aryl methyl sites for hydroxylation is 1. The van der Waals surface area contributed by atoms with Gasteiger partial charge in [-0.05, 0) is 59.7 Å². The van der Waals surface area contributed by atoms with Crippen molar-refractivity contribution in [2.45, 2.75) is 46.8 Å². The summed E-state index contributed by atoms with van der Waals surface area (Å²) in [5, 5.41) is 29.4. The van der Waals surface area contributed by atoms with E-state index in [1.54, 1.807) is 19.1 Å². The Labute approximate surface area is 342 Å². The molecule has 1 atom stereocenters. The van der Waals surface area contributed by atoms with Crippen molar-refractivity contribution in [3.8, 4) is 44.9 Å². The van der Waals surface area contributed by atoms with Crippen molar-refractivity contribution in [2.24, 2.45) is 5.92 Å². The van der Waals surface area contributed by atoms with Crippen LogP contribution in [0.1, 0.15) is 53.7 Å². The third-order valence-electron chi connectivity index (χ3n) is 8.00. The summed E-state index contributed by atoms with van der Waals surface area (Å²) in [6, 6.07) is 23.7. The van der Waals surface area contributed by atoms with Gasteiger partial charge in [0.1, 0.15) is 33.5 Å². The summed E-state index contributed by atoms with van der Waals surface area (Å²) in [5.41, 5.74) is 6.30. The fourth-order valence-electron chi connectivity index (χ4n) is 5.51. The van der Waals surface area contributed by atoms with E-state index in [0.29, 0.717) is 62.6 Å². The molecular formula is C36H34ClKN8O3S. The molecule has 50 heavy (non-hydrogen) atoms. The van der Waals surface area contributed by atoms with E-state index in [2.05, 4.69) is 73.1 Å². The number of ether oxygens (including phenoxy) is 2. The predicted octanol–water partition coefficient (Wildman–Crippen LogP) is 3.91. The van der Waals surface area contributed by atoms with Gasteiger partial charge in [0.25, 0.3) is 0 Å². The summed E-state index contributed by atoms with van der Waals surface area (Å²) in [4.78, 5) is 20.5. The molecule has 0 spiro atoms. The fraction of sp³-hybridized carbons (Fsp3) is 0.278. The number of hydrogen-bond donors (Lipinski definition) is 1. The minimum Gasteiger partial charge on any atom is -0.492 e. The Balaban J connectivity index is 0.00000486. The van der Waals surface area contributed by atoms with Crippen LogP contribution in [0.15, 0.2) is 77.6 Å². The summed E-state index contributed by atoms with van der Waals surface area (Å²) in [6.45, 7) is 8.99. The van der Waals surface area contributed by atoms with Crippen LogP contribution in [0.5, 0.6) is 5.75 Å². The van der Waals surface area contributed by atoms with E-state index in [1.165, 1.54) is 11.3 Å². The van der Waals surface area contributed by atoms with E-state index >= 15 is 0 Å². The van der Waals surface area contributed by atoms with Gasteiger partial charge in [0.15, 0.2) is 0 Å². The molecular weight excluding hydrogens is 699 g/mol. The van der Waals surface area contributed by atoms with Gasteiger partial charge in [-0.3, -0.25) is 10.3 Å². The Morgan fingerprint density at radius 3 is 2.54 bits per heavy atom. The third-order valence-corrected chi connectivity index (χ3v) is 9.52. The second-order valence-electron chi connectivity index (χ2n) is 11.9. The molecule has 3 aromatic carbocycles. The minimum atomic E-state index is -0.488. The monoisotopic (exact) mass is 732 g/mol. The van der Waals surface area contributed by atoms with Crippen molar-refractivity contribution in [1.29, 1.82) is 5.26 Å². The molecule has 11 nitrogen and oxygen atoms in total. The molecule has 1 unspecified atom stereocenters. The Morgan fingerprint density at radius 1 is 1.12 bits per heavy atom. The quantitative estimate of drug-likeness (QED) is 0.113. The van der Waals surface area contributed by atoms with Crippen molar-refractivity contribution in [3.63, 3.8) is 0 Å². The molecule has 0 saturated carbocycles. The first kappa shape index (κ1) is 37.6. The molecule has 1 aliphatic rings. The molecule has 5 aromatic rings. The summed E-state index contributed by atoms with van der Waals surface area (Å²) in [7, 11) is 0. The van der Waals surface area contributed by atoms with Crippen LogP contribution in [-0.2, 0) is 11.3 Å². The molecule has 0 aliphatic carbocycles. The van der Waals surface area contributed by atoms with Crippen LogP contribution >= 0.6 is 22.9 Å². The first-order valence-corrected chi connectivity index (χ1v) is 17.1. The first-order valence-electron chi connectivity index (χ1n) is 15.9. The number of rotatable bonds is 12. The number of nitrogens with zero attached hydrogens (tertiary/aromatic N) is 7. The number of halogens is 1. The number of hydrogen-bond acceptors (Lipinski definition) is 11. The van der Waals surface area contributed by atoms with E-state index in [1.807, 2.05) is 44.2 Å². The maximum absolute atomic E-state index is 13.4. The van der Waals surface area contributed by atoms with Crippen molar-refractivity contribution in [1.82, 2.24) is 35.8 Å². The van der Waals surface area contributed by atoms with E-state index in [0.717, 1.165) is 34.2 Å². The van der Waals surface area contributed by atoms with Gasteiger partial charge in [-0.25, -0.2) is 9.78 Å². The van der Waals surface area contributed by atoms with Crippen molar-refractivity contribution < 1.29 is 65.7 Å². The van der Waals surface area contributed by atoms with Gasteiger partial charge in [-0.2, -0.15) is 10.5 Å². The minimum absolute atomic E-state index is 0. The fourth-order valence-corrected chi connectivity index (χ4v) is 6.75. The average molecular weight is 733 g/mol. The van der Waals surface area contributed by atoms with Gasteiger partial charge in [0.2, 0.25) is 0 Å². The number of nitriles is 1. The van der Waals surface area contributed by atoms with Crippen molar-refractivity contribution >= 4 is 28.9 Å². The van der Waals surface area contributed by atoms with Crippen LogP contribution in [0, 0.1) is 24.2 Å². The van der Waals surface area contributed by atoms with Crippen LogP contribution in [0.4, 0.5) is 0 Å². The number of thiazole rings is 1. The van der Waals surface area contributed by atoms with Gasteiger partial charge in [-0.1, -0.05) is 80.9 Å². The Morgan fingerprint density at radius 2 is 1.86 bits per heavy atom. The van der Waals surface area contributed by atoms with Gasteiger partial charge in [-0.15, -0.1) is 11.3 Å². The molecule has 0 saturated heterocycles. The Bertz CT molecular complexity index is 2030. The molecule has 1 N–H and O–H groups in total. The predicted molar refractivity (Wildman–Crippen MR) is 187 cm³/mol. The SMILES string of the molecule is CCC1NC(Cl)=C(COC(=O)c2sc(-c3ccc(OCC(C)C)c(C#N)c3)nc2C)N1Cc1ccc(-c2ccccc2-c2nnn[n-]2)cc1.[K+]. The zero-order chi connectivity index (χ0) is 34.5. The molecule has 250 valence electrons. The number of carbonyl (C=O) groups excluding carboxylic acids is 1. The van der Waals surface area contributed by atoms with Gasteiger partial charge < -0.3 is 24.8 Å². The van der Waals surface area contributed by atoms with Gasteiger partial charge >= 0.3 is 57.4 Å². The largest absolute Gasteiger partial charge is 1.00 e. The second kappa shape index (κ2) is 17.1. The summed E-state index contributed by atoms with van der Waals surface area (Å²) >= 11 is 7.90. The van der Waals surface area contributed by atoms with Crippen LogP contribution in [0.2, 0.25) is 0 Å². The van der Waals surface area contributed by atoms with E-state index in [9.17, 15) is 10.1 Å². The number of aromatic nitrogens is 5. The third kappa shape index (κ3) is 8.46. The summed E-state index contributed by atoms with van der Waals surface area (Å²) in [5.74, 6) is 0.847. The smallest absolute Gasteiger partial charge is 0.492 e. The van der Waals surface area contributed by atoms with Gasteiger partial charge in [0, 0.05) is 17.9 Å². The van der Waals surface area contributed by atoms with E-state index < -0.39 is 5.97 Å². The number of nitrogens with one attached hydrogen (secondary N) is 1. The van der Waals surface area contributed by atoms with Crippen LogP contribution in [0.3, 0.4) is 0 Å². The van der Waals surface area contributed by atoms with Crippen molar-refractivity contribution in [3.05, 3.63) is 99.3 Å². The molecule has 3 heterocycles. The molecule has 0 fully saturated rings. The average Bonchev–Trinajstić information content (AvgIpc) is 3.86. The molecule has 0 bridgehead atoms. The number of esters is 1. The molecule has 1 aliphatic heterocycles. The van der Waals surface area contributed by atoms with E-state index in [-0.39, 0.29) is 64.2 Å². The van der Waals surface area contributed by atoms with Gasteiger partial charge in [0.05, 0.1) is 29.7 Å². The Hall–Kier alpha value is -3.61. The molecule has 2 aromatic heterocycles. The standard InChI is InChI=1S/C36H34ClN8O3S.K/c1-5-31-40-33(37)29(45(31)18-23-10-12-24(13-11-23)27-8-6-7-9-28(27)34-41-43-44-42-34)20-48-36(46)32-22(4)39-35(49-32)25-14-15-30(26(16-25)17-38)47-19-21(2)3;/h6-16,21,31,40H,5,18-20H2,1-4H3;/q-1;+1.